The lowest BCUT2D eigenvalue weighted by Gasteiger charge is -2.08. The van der Waals surface area contributed by atoms with E-state index < -0.39 is 4.33 Å². The van der Waals surface area contributed by atoms with Crippen LogP contribution in [0.15, 0.2) is 24.3 Å². The van der Waals surface area contributed by atoms with Crippen molar-refractivity contribution < 1.29 is 4.79 Å². The summed E-state index contributed by atoms with van der Waals surface area (Å²) < 4.78 is -0.565. The first-order valence-electron chi connectivity index (χ1n) is 6.03. The standard InChI is InChI=1S/C13H16Cl2N2O/c1-2-16-12(18)9-4-3-5-11(6-9)17-8-10-7-13(10,14)15/h3-6,10,17H,2,7-8H2,1H3,(H,16,18)/t10-/m0/s1. The van der Waals surface area contributed by atoms with Gasteiger partial charge in [-0.1, -0.05) is 6.07 Å². The minimum absolute atomic E-state index is 0.0587. The summed E-state index contributed by atoms with van der Waals surface area (Å²) in [6.45, 7) is 3.25. The number of carbonyl (C=O) groups excluding carboxylic acids is 1. The Balaban J connectivity index is 1.93. The molecule has 1 amide bonds. The van der Waals surface area contributed by atoms with E-state index in [4.69, 9.17) is 23.2 Å². The molecule has 1 atom stereocenters. The number of hydrogen-bond donors (Lipinski definition) is 2. The van der Waals surface area contributed by atoms with Crippen molar-refractivity contribution in [1.82, 2.24) is 5.32 Å². The molecule has 0 heterocycles. The van der Waals surface area contributed by atoms with Crippen LogP contribution in [-0.4, -0.2) is 23.3 Å². The molecular weight excluding hydrogens is 271 g/mol. The lowest BCUT2D eigenvalue weighted by molar-refractivity contribution is 0.0956. The highest BCUT2D eigenvalue weighted by Crippen LogP contribution is 2.52. The Bertz CT molecular complexity index is 448. The van der Waals surface area contributed by atoms with Gasteiger partial charge in [-0.2, -0.15) is 0 Å². The van der Waals surface area contributed by atoms with Gasteiger partial charge < -0.3 is 10.6 Å². The largest absolute Gasteiger partial charge is 0.385 e. The fourth-order valence-corrected chi connectivity index (χ4v) is 2.29. The van der Waals surface area contributed by atoms with Gasteiger partial charge in [-0.3, -0.25) is 4.79 Å². The van der Waals surface area contributed by atoms with Crippen molar-refractivity contribution in [2.24, 2.45) is 5.92 Å². The number of carbonyl (C=O) groups is 1. The van der Waals surface area contributed by atoms with Gasteiger partial charge in [0.1, 0.15) is 4.33 Å². The van der Waals surface area contributed by atoms with Crippen LogP contribution in [0.5, 0.6) is 0 Å². The third-order valence-electron chi connectivity index (χ3n) is 2.97. The van der Waals surface area contributed by atoms with Crippen molar-refractivity contribution >= 4 is 34.8 Å². The molecule has 0 radical (unpaired) electrons. The number of rotatable bonds is 5. The monoisotopic (exact) mass is 286 g/mol. The van der Waals surface area contributed by atoms with Gasteiger partial charge in [0, 0.05) is 30.3 Å². The summed E-state index contributed by atoms with van der Waals surface area (Å²) in [5.74, 6) is 0.227. The molecule has 1 aliphatic rings. The van der Waals surface area contributed by atoms with Gasteiger partial charge in [0.2, 0.25) is 0 Å². The normalized spacial score (nSPS) is 20.3. The molecule has 3 nitrogen and oxygen atoms in total. The minimum Gasteiger partial charge on any atom is -0.385 e. The van der Waals surface area contributed by atoms with E-state index in [0.29, 0.717) is 12.1 Å². The van der Waals surface area contributed by atoms with E-state index in [1.54, 1.807) is 6.07 Å². The van der Waals surface area contributed by atoms with Crippen LogP contribution in [0.3, 0.4) is 0 Å². The Labute approximate surface area is 117 Å². The van der Waals surface area contributed by atoms with Gasteiger partial charge in [-0.05, 0) is 31.5 Å². The highest BCUT2D eigenvalue weighted by Gasteiger charge is 2.51. The zero-order chi connectivity index (χ0) is 13.2. The van der Waals surface area contributed by atoms with E-state index in [0.717, 1.165) is 18.7 Å². The van der Waals surface area contributed by atoms with Gasteiger partial charge in [0.05, 0.1) is 0 Å². The molecule has 18 heavy (non-hydrogen) atoms. The van der Waals surface area contributed by atoms with E-state index in [1.165, 1.54) is 0 Å². The van der Waals surface area contributed by atoms with E-state index in [1.807, 2.05) is 25.1 Å². The minimum atomic E-state index is -0.565. The number of anilines is 1. The first kappa shape index (κ1) is 13.5. The fourth-order valence-electron chi connectivity index (χ4n) is 1.77. The number of benzene rings is 1. The summed E-state index contributed by atoms with van der Waals surface area (Å²) in [4.78, 5) is 11.7. The Morgan fingerprint density at radius 2 is 2.22 bits per heavy atom. The maximum absolute atomic E-state index is 11.7. The van der Waals surface area contributed by atoms with Crippen LogP contribution in [0, 0.1) is 5.92 Å². The average molecular weight is 287 g/mol. The van der Waals surface area contributed by atoms with Crippen LogP contribution < -0.4 is 10.6 Å². The van der Waals surface area contributed by atoms with E-state index in [-0.39, 0.29) is 11.8 Å². The quantitative estimate of drug-likeness (QED) is 0.817. The highest BCUT2D eigenvalue weighted by atomic mass is 35.5. The average Bonchev–Trinajstić information content (AvgIpc) is 2.95. The molecule has 0 aliphatic heterocycles. The predicted octanol–water partition coefficient (Wildman–Crippen LogP) is 3.04. The second-order valence-corrected chi connectivity index (χ2v) is 6.03. The van der Waals surface area contributed by atoms with Crippen LogP contribution in [0.1, 0.15) is 23.7 Å². The molecule has 0 aromatic heterocycles. The van der Waals surface area contributed by atoms with Gasteiger partial charge in [0.25, 0.3) is 5.91 Å². The highest BCUT2D eigenvalue weighted by molar-refractivity contribution is 6.50. The topological polar surface area (TPSA) is 41.1 Å². The molecule has 0 unspecified atom stereocenters. The molecule has 1 fully saturated rings. The summed E-state index contributed by atoms with van der Waals surface area (Å²) in [5.41, 5.74) is 1.57. The number of hydrogen-bond acceptors (Lipinski definition) is 2. The van der Waals surface area contributed by atoms with Crippen LogP contribution in [0.4, 0.5) is 5.69 Å². The predicted molar refractivity (Wildman–Crippen MR) is 75.5 cm³/mol. The molecule has 0 saturated heterocycles. The second kappa shape index (κ2) is 5.37. The Morgan fingerprint density at radius 1 is 1.50 bits per heavy atom. The molecule has 2 rings (SSSR count). The number of amides is 1. The number of halogens is 2. The Morgan fingerprint density at radius 3 is 2.83 bits per heavy atom. The fraction of sp³-hybridized carbons (Fsp3) is 0.462. The second-order valence-electron chi connectivity index (χ2n) is 4.48. The van der Waals surface area contributed by atoms with Gasteiger partial charge in [-0.15, -0.1) is 23.2 Å². The van der Waals surface area contributed by atoms with Crippen molar-refractivity contribution in [3.8, 4) is 0 Å². The summed E-state index contributed by atoms with van der Waals surface area (Å²) in [5, 5.41) is 6.02. The zero-order valence-electron chi connectivity index (χ0n) is 10.2. The van der Waals surface area contributed by atoms with E-state index >= 15 is 0 Å². The molecule has 1 aromatic carbocycles. The lowest BCUT2D eigenvalue weighted by atomic mass is 10.2. The molecule has 1 aliphatic carbocycles. The SMILES string of the molecule is CCNC(=O)c1cccc(NC[C@@H]2CC2(Cl)Cl)c1. The van der Waals surface area contributed by atoms with Crippen molar-refractivity contribution in [1.29, 1.82) is 0 Å². The van der Waals surface area contributed by atoms with E-state index in [9.17, 15) is 4.79 Å². The summed E-state index contributed by atoms with van der Waals surface area (Å²) >= 11 is 11.9. The lowest BCUT2D eigenvalue weighted by Crippen LogP contribution is -2.22. The van der Waals surface area contributed by atoms with Gasteiger partial charge >= 0.3 is 0 Å². The van der Waals surface area contributed by atoms with Crippen LogP contribution >= 0.6 is 23.2 Å². The Kier molecular flexibility index (Phi) is 4.03. The summed E-state index contributed by atoms with van der Waals surface area (Å²) in [6.07, 6.45) is 0.819. The van der Waals surface area contributed by atoms with E-state index in [2.05, 4.69) is 10.6 Å². The Hall–Kier alpha value is -0.930. The maximum atomic E-state index is 11.7. The number of alkyl halides is 2. The molecule has 0 spiro atoms. The van der Waals surface area contributed by atoms with Crippen molar-refractivity contribution in [3.05, 3.63) is 29.8 Å². The van der Waals surface area contributed by atoms with Crippen LogP contribution in [0.25, 0.3) is 0 Å². The first-order chi connectivity index (χ1) is 8.53. The van der Waals surface area contributed by atoms with Crippen LogP contribution in [-0.2, 0) is 0 Å². The number of nitrogens with one attached hydrogen (secondary N) is 2. The molecule has 1 saturated carbocycles. The first-order valence-corrected chi connectivity index (χ1v) is 6.78. The van der Waals surface area contributed by atoms with Crippen molar-refractivity contribution in [3.63, 3.8) is 0 Å². The van der Waals surface area contributed by atoms with Crippen molar-refractivity contribution in [2.45, 2.75) is 17.7 Å². The maximum Gasteiger partial charge on any atom is 0.251 e. The molecule has 98 valence electrons. The molecule has 0 bridgehead atoms. The summed E-state index contributed by atoms with van der Waals surface area (Å²) in [6, 6.07) is 7.40. The third-order valence-corrected chi connectivity index (χ3v) is 3.90. The van der Waals surface area contributed by atoms with Crippen LogP contribution in [0.2, 0.25) is 0 Å². The van der Waals surface area contributed by atoms with Crippen molar-refractivity contribution in [2.75, 3.05) is 18.4 Å². The van der Waals surface area contributed by atoms with Gasteiger partial charge in [-0.25, -0.2) is 0 Å². The smallest absolute Gasteiger partial charge is 0.251 e. The molecular formula is C13H16Cl2N2O. The third kappa shape index (κ3) is 3.30. The zero-order valence-corrected chi connectivity index (χ0v) is 11.7. The molecule has 1 aromatic rings. The summed E-state index contributed by atoms with van der Waals surface area (Å²) in [7, 11) is 0. The van der Waals surface area contributed by atoms with Gasteiger partial charge in [0.15, 0.2) is 0 Å². The molecule has 5 heteroatoms. The molecule has 2 N–H and O–H groups in total.